The summed E-state index contributed by atoms with van der Waals surface area (Å²) in [5.74, 6) is 0.0537. The molecule has 1 unspecified atom stereocenters. The Balaban J connectivity index is 1.77. The topological polar surface area (TPSA) is 32.7 Å². The summed E-state index contributed by atoms with van der Waals surface area (Å²) < 4.78 is 6.19. The van der Waals surface area contributed by atoms with Gasteiger partial charge in [-0.15, -0.1) is 0 Å². The van der Waals surface area contributed by atoms with Crippen LogP contribution < -0.4 is 4.31 Å². The first-order valence-electron chi connectivity index (χ1n) is 10.7. The molecule has 0 spiro atoms. The molecule has 0 saturated carbocycles. The SMILES string of the molecule is Cc1ccc(N=S2N(c3ccc(C)cc3)C(=O)C2(c2ccccc2)c2ccccc2)cc1. The van der Waals surface area contributed by atoms with Gasteiger partial charge in [0.25, 0.3) is 5.91 Å². The number of anilines is 1. The lowest BCUT2D eigenvalue weighted by Crippen LogP contribution is -2.65. The van der Waals surface area contributed by atoms with Crippen LogP contribution >= 0.6 is 0 Å². The molecule has 4 aromatic rings. The van der Waals surface area contributed by atoms with E-state index in [1.807, 2.05) is 101 Å². The van der Waals surface area contributed by atoms with E-state index in [-0.39, 0.29) is 5.91 Å². The van der Waals surface area contributed by atoms with Gasteiger partial charge in [-0.3, -0.25) is 4.79 Å². The number of nitrogens with zero attached hydrogens (tertiary/aromatic N) is 2. The fourth-order valence-electron chi connectivity index (χ4n) is 4.08. The zero-order chi connectivity index (χ0) is 22.1. The molecular formula is C28H24N2OS. The average Bonchev–Trinajstić information content (AvgIpc) is 2.83. The molecule has 1 amide bonds. The maximum atomic E-state index is 14.1. The number of carbonyl (C=O) groups is 1. The van der Waals surface area contributed by atoms with Crippen LogP contribution in [-0.4, -0.2) is 5.91 Å². The van der Waals surface area contributed by atoms with Crippen molar-refractivity contribution in [1.82, 2.24) is 0 Å². The van der Waals surface area contributed by atoms with Crippen molar-refractivity contribution >= 4 is 28.2 Å². The molecule has 158 valence electrons. The predicted molar refractivity (Wildman–Crippen MR) is 133 cm³/mol. The first-order chi connectivity index (χ1) is 15.6. The Labute approximate surface area is 191 Å². The van der Waals surface area contributed by atoms with E-state index >= 15 is 0 Å². The third-order valence-electron chi connectivity index (χ3n) is 5.79. The van der Waals surface area contributed by atoms with Crippen molar-refractivity contribution < 1.29 is 4.79 Å². The van der Waals surface area contributed by atoms with Crippen molar-refractivity contribution in [2.45, 2.75) is 18.6 Å². The number of aryl methyl sites for hydroxylation is 2. The van der Waals surface area contributed by atoms with E-state index in [4.69, 9.17) is 4.36 Å². The van der Waals surface area contributed by atoms with E-state index in [1.165, 1.54) is 5.56 Å². The van der Waals surface area contributed by atoms with Gasteiger partial charge in [0.15, 0.2) is 4.75 Å². The number of rotatable bonds is 4. The highest BCUT2D eigenvalue weighted by molar-refractivity contribution is 7.94. The highest BCUT2D eigenvalue weighted by atomic mass is 32.2. The summed E-state index contributed by atoms with van der Waals surface area (Å²) in [6, 6.07) is 36.4. The van der Waals surface area contributed by atoms with Crippen LogP contribution in [-0.2, 0) is 20.4 Å². The van der Waals surface area contributed by atoms with Crippen LogP contribution in [0, 0.1) is 13.8 Å². The summed E-state index contributed by atoms with van der Waals surface area (Å²) in [4.78, 5) is 14.1. The number of hydrogen-bond donors (Lipinski definition) is 0. The Bertz CT molecular complexity index is 1240. The molecule has 1 atom stereocenters. The van der Waals surface area contributed by atoms with E-state index in [0.717, 1.165) is 28.1 Å². The zero-order valence-corrected chi connectivity index (χ0v) is 18.9. The Morgan fingerprint density at radius 3 is 1.62 bits per heavy atom. The Kier molecular flexibility index (Phi) is 5.24. The molecule has 0 aromatic heterocycles. The number of carbonyl (C=O) groups excluding carboxylic acids is 1. The van der Waals surface area contributed by atoms with E-state index in [9.17, 15) is 4.79 Å². The van der Waals surface area contributed by atoms with E-state index in [0.29, 0.717) is 0 Å². The van der Waals surface area contributed by atoms with Gasteiger partial charge in [-0.1, -0.05) is 96.1 Å². The zero-order valence-electron chi connectivity index (χ0n) is 18.1. The predicted octanol–water partition coefficient (Wildman–Crippen LogP) is 6.64. The summed E-state index contributed by atoms with van der Waals surface area (Å²) in [5, 5.41) is 0. The molecule has 0 aliphatic carbocycles. The maximum Gasteiger partial charge on any atom is 0.266 e. The molecule has 0 radical (unpaired) electrons. The van der Waals surface area contributed by atoms with Gasteiger partial charge >= 0.3 is 0 Å². The normalized spacial score (nSPS) is 17.2. The van der Waals surface area contributed by atoms with Crippen LogP contribution in [0.4, 0.5) is 11.4 Å². The molecule has 32 heavy (non-hydrogen) atoms. The van der Waals surface area contributed by atoms with Gasteiger partial charge < -0.3 is 0 Å². The molecule has 0 N–H and O–H groups in total. The van der Waals surface area contributed by atoms with Gasteiger partial charge in [0.1, 0.15) is 0 Å². The van der Waals surface area contributed by atoms with Crippen molar-refractivity contribution in [1.29, 1.82) is 0 Å². The summed E-state index contributed by atoms with van der Waals surface area (Å²) >= 11 is 0. The minimum absolute atomic E-state index is 0.0537. The third kappa shape index (κ3) is 3.28. The van der Waals surface area contributed by atoms with Crippen molar-refractivity contribution in [3.8, 4) is 0 Å². The summed E-state index contributed by atoms with van der Waals surface area (Å²) in [7, 11) is -0.769. The highest BCUT2D eigenvalue weighted by Crippen LogP contribution is 2.50. The molecule has 3 nitrogen and oxygen atoms in total. The van der Waals surface area contributed by atoms with Gasteiger partial charge in [-0.25, -0.2) is 8.67 Å². The highest BCUT2D eigenvalue weighted by Gasteiger charge is 2.61. The Morgan fingerprint density at radius 1 is 0.656 bits per heavy atom. The molecule has 1 saturated heterocycles. The number of benzene rings is 4. The molecular weight excluding hydrogens is 412 g/mol. The smallest absolute Gasteiger partial charge is 0.266 e. The van der Waals surface area contributed by atoms with Gasteiger partial charge in [0.2, 0.25) is 0 Å². The molecule has 1 aliphatic rings. The molecule has 4 heteroatoms. The van der Waals surface area contributed by atoms with Gasteiger partial charge in [0, 0.05) is 10.9 Å². The molecule has 5 rings (SSSR count). The van der Waals surface area contributed by atoms with Crippen LogP contribution in [0.2, 0.25) is 0 Å². The Hall–Kier alpha value is -3.50. The molecule has 1 fully saturated rings. The van der Waals surface area contributed by atoms with Crippen molar-refractivity contribution in [2.24, 2.45) is 4.36 Å². The second-order valence-corrected chi connectivity index (χ2v) is 9.73. The molecule has 1 aliphatic heterocycles. The quantitative estimate of drug-likeness (QED) is 0.353. The fraction of sp³-hybridized carbons (Fsp3) is 0.107. The second-order valence-electron chi connectivity index (χ2n) is 8.04. The lowest BCUT2D eigenvalue weighted by atomic mass is 9.88. The third-order valence-corrected chi connectivity index (χ3v) is 8.09. The van der Waals surface area contributed by atoms with Crippen LogP contribution in [0.25, 0.3) is 0 Å². The Morgan fingerprint density at radius 2 is 1.12 bits per heavy atom. The minimum atomic E-state index is -0.849. The van der Waals surface area contributed by atoms with Gasteiger partial charge in [-0.05, 0) is 49.2 Å². The van der Waals surface area contributed by atoms with Crippen molar-refractivity contribution in [2.75, 3.05) is 4.31 Å². The summed E-state index contributed by atoms with van der Waals surface area (Å²) in [6.07, 6.45) is 0. The largest absolute Gasteiger partial charge is 0.271 e. The first kappa shape index (κ1) is 20.4. The monoisotopic (exact) mass is 436 g/mol. The van der Waals surface area contributed by atoms with Crippen LogP contribution in [0.15, 0.2) is 114 Å². The van der Waals surface area contributed by atoms with Crippen molar-refractivity contribution in [3.05, 3.63) is 131 Å². The first-order valence-corrected chi connectivity index (χ1v) is 11.8. The molecule has 1 heterocycles. The fourth-order valence-corrected chi connectivity index (χ4v) is 6.32. The van der Waals surface area contributed by atoms with E-state index in [1.54, 1.807) is 0 Å². The average molecular weight is 437 g/mol. The van der Waals surface area contributed by atoms with Crippen molar-refractivity contribution in [3.63, 3.8) is 0 Å². The van der Waals surface area contributed by atoms with E-state index in [2.05, 4.69) is 26.0 Å². The van der Waals surface area contributed by atoms with Crippen LogP contribution in [0.3, 0.4) is 0 Å². The lowest BCUT2D eigenvalue weighted by Gasteiger charge is -2.50. The standard InChI is InChI=1S/C28H24N2OS/c1-21-13-17-25(18-14-21)29-32-28(23-9-5-3-6-10-23,24-11-7-4-8-12-24)27(31)30(32)26-19-15-22(2)16-20-26/h3-20H,1-2H3. The lowest BCUT2D eigenvalue weighted by molar-refractivity contribution is -0.120. The summed E-state index contributed by atoms with van der Waals surface area (Å²) in [5.41, 5.74) is 6.04. The summed E-state index contributed by atoms with van der Waals surface area (Å²) in [6.45, 7) is 4.12. The number of amides is 1. The van der Waals surface area contributed by atoms with Gasteiger partial charge in [0.05, 0.1) is 11.4 Å². The molecule has 4 aromatic carbocycles. The second kappa shape index (κ2) is 8.21. The number of hydrogen-bond acceptors (Lipinski definition) is 2. The maximum absolute atomic E-state index is 14.1. The van der Waals surface area contributed by atoms with Crippen LogP contribution in [0.5, 0.6) is 0 Å². The molecule has 0 bridgehead atoms. The van der Waals surface area contributed by atoms with Gasteiger partial charge in [-0.2, -0.15) is 0 Å². The minimum Gasteiger partial charge on any atom is -0.271 e. The van der Waals surface area contributed by atoms with Crippen LogP contribution in [0.1, 0.15) is 22.3 Å². The van der Waals surface area contributed by atoms with E-state index < -0.39 is 15.6 Å².